The Kier molecular flexibility index (Phi) is 8.92. The summed E-state index contributed by atoms with van der Waals surface area (Å²) in [6, 6.07) is 2.86. The summed E-state index contributed by atoms with van der Waals surface area (Å²) >= 11 is 0. The van der Waals surface area contributed by atoms with Gasteiger partial charge >= 0.3 is 5.97 Å². The molecule has 0 heterocycles. The first-order valence-corrected chi connectivity index (χ1v) is 10.00. The Morgan fingerprint density at radius 1 is 1.03 bits per heavy atom. The number of benzene rings is 1. The van der Waals surface area contributed by atoms with Gasteiger partial charge in [0.1, 0.15) is 5.54 Å². The quantitative estimate of drug-likeness (QED) is 0.459. The van der Waals surface area contributed by atoms with Crippen molar-refractivity contribution in [1.29, 1.82) is 0 Å². The highest BCUT2D eigenvalue weighted by molar-refractivity contribution is 6.04. The number of rotatable bonds is 9. The zero-order chi connectivity index (χ0) is 23.8. The van der Waals surface area contributed by atoms with Crippen molar-refractivity contribution in [2.75, 3.05) is 26.1 Å². The van der Waals surface area contributed by atoms with E-state index in [0.29, 0.717) is 18.6 Å². The molecule has 0 fully saturated rings. The number of amides is 2. The van der Waals surface area contributed by atoms with Crippen molar-refractivity contribution in [3.63, 3.8) is 0 Å². The molecule has 2 amide bonds. The molecule has 0 saturated heterocycles. The molecule has 0 radical (unpaired) electrons. The Morgan fingerprint density at radius 3 is 2.03 bits per heavy atom. The van der Waals surface area contributed by atoms with E-state index < -0.39 is 29.4 Å². The van der Waals surface area contributed by atoms with Gasteiger partial charge in [-0.2, -0.15) is 0 Å². The molecule has 0 bridgehead atoms. The van der Waals surface area contributed by atoms with Crippen LogP contribution in [0.15, 0.2) is 12.1 Å². The van der Waals surface area contributed by atoms with E-state index in [0.717, 1.165) is 0 Å². The lowest BCUT2D eigenvalue weighted by molar-refractivity contribution is -0.125. The zero-order valence-corrected chi connectivity index (χ0v) is 19.3. The monoisotopic (exact) mass is 432 g/mol. The van der Waals surface area contributed by atoms with Crippen LogP contribution in [-0.2, 0) is 14.3 Å². The number of carbonyl (C=O) groups is 3. The Labute approximate surface area is 184 Å². The number of methoxy groups -OCH3 is 2. The molecule has 8 heteroatoms. The van der Waals surface area contributed by atoms with E-state index in [4.69, 9.17) is 20.6 Å². The van der Waals surface area contributed by atoms with Gasteiger partial charge in [0.25, 0.3) is 5.91 Å². The van der Waals surface area contributed by atoms with Crippen molar-refractivity contribution in [3.05, 3.63) is 17.7 Å². The number of carbonyl (C=O) groups excluding carboxylic acids is 3. The summed E-state index contributed by atoms with van der Waals surface area (Å²) in [4.78, 5) is 37.5. The highest BCUT2D eigenvalue weighted by Crippen LogP contribution is 2.34. The van der Waals surface area contributed by atoms with Crippen LogP contribution in [0.1, 0.15) is 57.8 Å². The molecule has 1 aromatic carbocycles. The first kappa shape index (κ1) is 25.8. The Hall–Kier alpha value is -3.21. The van der Waals surface area contributed by atoms with Gasteiger partial charge in [-0.3, -0.25) is 9.59 Å². The van der Waals surface area contributed by atoms with Gasteiger partial charge in [0.05, 0.1) is 25.5 Å². The van der Waals surface area contributed by atoms with Crippen LogP contribution in [0.3, 0.4) is 0 Å². The first-order chi connectivity index (χ1) is 14.5. The maximum absolute atomic E-state index is 12.8. The van der Waals surface area contributed by atoms with Crippen LogP contribution in [0.2, 0.25) is 0 Å². The van der Waals surface area contributed by atoms with E-state index >= 15 is 0 Å². The molecule has 0 aliphatic carbocycles. The lowest BCUT2D eigenvalue weighted by atomic mass is 9.94. The fourth-order valence-corrected chi connectivity index (χ4v) is 2.64. The molecular weight excluding hydrogens is 400 g/mol. The number of esters is 1. The summed E-state index contributed by atoms with van der Waals surface area (Å²) in [5, 5.41) is 5.44. The highest BCUT2D eigenvalue weighted by atomic mass is 16.5. The summed E-state index contributed by atoms with van der Waals surface area (Å²) in [6.07, 6.45) is 6.63. The normalized spacial score (nSPS) is 11.2. The van der Waals surface area contributed by atoms with E-state index in [1.807, 2.05) is 13.8 Å². The van der Waals surface area contributed by atoms with Crippen LogP contribution in [-0.4, -0.2) is 44.1 Å². The maximum Gasteiger partial charge on any atom is 0.340 e. The second-order valence-electron chi connectivity index (χ2n) is 8.01. The van der Waals surface area contributed by atoms with E-state index in [9.17, 15) is 14.4 Å². The maximum atomic E-state index is 12.8. The topological polar surface area (TPSA) is 103 Å². The molecule has 1 aromatic rings. The van der Waals surface area contributed by atoms with Crippen LogP contribution in [0.4, 0.5) is 5.69 Å². The fourth-order valence-electron chi connectivity index (χ4n) is 2.64. The molecule has 170 valence electrons. The van der Waals surface area contributed by atoms with Crippen LogP contribution in [0.5, 0.6) is 11.5 Å². The third-order valence-corrected chi connectivity index (χ3v) is 4.87. The lowest BCUT2D eigenvalue weighted by Gasteiger charge is -2.26. The average molecular weight is 433 g/mol. The summed E-state index contributed by atoms with van der Waals surface area (Å²) in [5.74, 6) is 1.55. The lowest BCUT2D eigenvalue weighted by Crippen LogP contribution is -2.48. The molecule has 0 unspecified atom stereocenters. The Morgan fingerprint density at radius 2 is 1.58 bits per heavy atom. The molecule has 0 saturated carbocycles. The number of hydrogen-bond donors (Lipinski definition) is 2. The first-order valence-electron chi connectivity index (χ1n) is 10.00. The molecule has 0 aliphatic rings. The van der Waals surface area contributed by atoms with Gasteiger partial charge in [-0.15, -0.1) is 6.42 Å². The molecule has 1 rings (SSSR count). The van der Waals surface area contributed by atoms with E-state index in [-0.39, 0.29) is 22.9 Å². The number of nitrogens with one attached hydrogen (secondary N) is 2. The smallest absolute Gasteiger partial charge is 0.340 e. The summed E-state index contributed by atoms with van der Waals surface area (Å²) in [5.41, 5.74) is -1.29. The molecule has 0 atom stereocenters. The Bertz CT molecular complexity index is 860. The standard InChI is InChI=1S/C23H32N2O6/c1-9-23(10-2,11-3)25-19(26)14-31-20(27)15-12-17(29-7)18(30-8)13-16(15)24-21(28)22(4,5)6/h1,12-13H,10-11,14H2,2-8H3,(H,24,28)(H,25,26). The van der Waals surface area contributed by atoms with Crippen molar-refractivity contribution in [1.82, 2.24) is 5.32 Å². The highest BCUT2D eigenvalue weighted by Gasteiger charge is 2.28. The van der Waals surface area contributed by atoms with Gasteiger partial charge in [0.15, 0.2) is 18.1 Å². The second kappa shape index (κ2) is 10.7. The fraction of sp³-hybridized carbons (Fsp3) is 0.522. The van der Waals surface area contributed by atoms with E-state index in [2.05, 4.69) is 16.6 Å². The third-order valence-electron chi connectivity index (χ3n) is 4.87. The van der Waals surface area contributed by atoms with Crippen molar-refractivity contribution in [2.24, 2.45) is 5.41 Å². The Balaban J connectivity index is 3.13. The zero-order valence-electron chi connectivity index (χ0n) is 19.3. The molecular formula is C23H32N2O6. The van der Waals surface area contributed by atoms with Gasteiger partial charge < -0.3 is 24.8 Å². The molecule has 8 nitrogen and oxygen atoms in total. The second-order valence-corrected chi connectivity index (χ2v) is 8.01. The minimum Gasteiger partial charge on any atom is -0.493 e. The predicted molar refractivity (Wildman–Crippen MR) is 118 cm³/mol. The summed E-state index contributed by atoms with van der Waals surface area (Å²) < 4.78 is 15.7. The molecule has 0 spiro atoms. The van der Waals surface area contributed by atoms with Crippen molar-refractivity contribution in [2.45, 2.75) is 53.0 Å². The van der Waals surface area contributed by atoms with Gasteiger partial charge in [-0.1, -0.05) is 40.5 Å². The van der Waals surface area contributed by atoms with E-state index in [1.165, 1.54) is 26.4 Å². The van der Waals surface area contributed by atoms with Crippen LogP contribution < -0.4 is 20.1 Å². The third kappa shape index (κ3) is 6.64. The van der Waals surface area contributed by atoms with Crippen molar-refractivity contribution in [3.8, 4) is 23.8 Å². The average Bonchev–Trinajstić information content (AvgIpc) is 2.74. The summed E-state index contributed by atoms with van der Waals surface area (Å²) in [6.45, 7) is 8.43. The van der Waals surface area contributed by atoms with Crippen molar-refractivity contribution >= 4 is 23.5 Å². The molecule has 0 aromatic heterocycles. The molecule has 2 N–H and O–H groups in total. The van der Waals surface area contributed by atoms with Crippen molar-refractivity contribution < 1.29 is 28.6 Å². The van der Waals surface area contributed by atoms with E-state index in [1.54, 1.807) is 20.8 Å². The number of ether oxygens (including phenoxy) is 3. The van der Waals surface area contributed by atoms with Gasteiger partial charge in [-0.05, 0) is 12.8 Å². The number of terminal acetylenes is 1. The predicted octanol–water partition coefficient (Wildman–Crippen LogP) is 3.15. The number of hydrogen-bond acceptors (Lipinski definition) is 6. The molecule has 31 heavy (non-hydrogen) atoms. The van der Waals surface area contributed by atoms with Gasteiger partial charge in [0, 0.05) is 17.5 Å². The SMILES string of the molecule is C#CC(CC)(CC)NC(=O)COC(=O)c1cc(OC)c(OC)cc1NC(=O)C(C)(C)C. The van der Waals surface area contributed by atoms with Crippen LogP contribution in [0, 0.1) is 17.8 Å². The molecule has 0 aliphatic heterocycles. The minimum atomic E-state index is -0.806. The van der Waals surface area contributed by atoms with Crippen LogP contribution >= 0.6 is 0 Å². The van der Waals surface area contributed by atoms with Crippen LogP contribution in [0.25, 0.3) is 0 Å². The summed E-state index contributed by atoms with van der Waals surface area (Å²) in [7, 11) is 2.86. The number of anilines is 1. The van der Waals surface area contributed by atoms with Gasteiger partial charge in [0.2, 0.25) is 5.91 Å². The van der Waals surface area contributed by atoms with Gasteiger partial charge in [-0.25, -0.2) is 4.79 Å². The minimum absolute atomic E-state index is 0.0252. The largest absolute Gasteiger partial charge is 0.493 e.